The van der Waals surface area contributed by atoms with Crippen LogP contribution >= 0.6 is 0 Å². The van der Waals surface area contributed by atoms with Crippen LogP contribution in [0.4, 0.5) is 15.8 Å². The minimum Gasteiger partial charge on any atom is -0.361 e. The lowest BCUT2D eigenvalue weighted by atomic mass is 10.1. The predicted molar refractivity (Wildman–Crippen MR) is 119 cm³/mol. The molecule has 31 heavy (non-hydrogen) atoms. The minimum absolute atomic E-state index is 0.0384. The third-order valence-electron chi connectivity index (χ3n) is 4.84. The molecule has 0 fully saturated rings. The van der Waals surface area contributed by atoms with E-state index in [1.54, 1.807) is 24.3 Å². The number of nitrogens with one attached hydrogen (secondary N) is 3. The van der Waals surface area contributed by atoms with Crippen molar-refractivity contribution in [1.82, 2.24) is 4.98 Å². The Morgan fingerprint density at radius 2 is 1.58 bits per heavy atom. The first-order chi connectivity index (χ1) is 14.9. The van der Waals surface area contributed by atoms with Gasteiger partial charge >= 0.3 is 0 Å². The van der Waals surface area contributed by atoms with E-state index in [1.165, 1.54) is 12.1 Å². The van der Waals surface area contributed by atoms with E-state index in [0.29, 0.717) is 24.2 Å². The van der Waals surface area contributed by atoms with E-state index in [-0.39, 0.29) is 10.8 Å². The highest BCUT2D eigenvalue weighted by Crippen LogP contribution is 2.21. The zero-order valence-corrected chi connectivity index (χ0v) is 17.2. The van der Waals surface area contributed by atoms with Crippen LogP contribution in [-0.2, 0) is 21.2 Å². The fourth-order valence-electron chi connectivity index (χ4n) is 3.26. The van der Waals surface area contributed by atoms with Crippen LogP contribution in [0.25, 0.3) is 10.9 Å². The molecule has 3 N–H and O–H groups in total. The minimum atomic E-state index is -3.82. The van der Waals surface area contributed by atoms with E-state index in [9.17, 15) is 17.6 Å². The smallest absolute Gasteiger partial charge is 0.261 e. The molecule has 0 atom stereocenters. The second kappa shape index (κ2) is 8.61. The number of amides is 1. The average Bonchev–Trinajstić information content (AvgIpc) is 3.17. The van der Waals surface area contributed by atoms with Crippen molar-refractivity contribution in [3.63, 3.8) is 0 Å². The average molecular weight is 437 g/mol. The van der Waals surface area contributed by atoms with Gasteiger partial charge in [-0.1, -0.05) is 18.2 Å². The Bertz CT molecular complexity index is 1310. The molecule has 3 aromatic carbocycles. The third kappa shape index (κ3) is 4.92. The Morgan fingerprint density at radius 1 is 0.903 bits per heavy atom. The normalized spacial score (nSPS) is 11.4. The van der Waals surface area contributed by atoms with E-state index < -0.39 is 15.8 Å². The summed E-state index contributed by atoms with van der Waals surface area (Å²) in [7, 11) is -3.82. The largest absolute Gasteiger partial charge is 0.361 e. The molecular formula is C23H20FN3O3S. The monoisotopic (exact) mass is 437 g/mol. The molecule has 0 bridgehead atoms. The van der Waals surface area contributed by atoms with Crippen LogP contribution in [0.1, 0.15) is 12.0 Å². The molecule has 6 nitrogen and oxygen atoms in total. The molecule has 0 saturated heterocycles. The van der Waals surface area contributed by atoms with E-state index in [1.807, 2.05) is 30.5 Å². The SMILES string of the molecule is O=C(CCc1c[nH]c2ccccc12)Nc1ccc(NS(=O)(=O)c2ccc(F)cc2)cc1. The summed E-state index contributed by atoms with van der Waals surface area (Å²) < 4.78 is 40.2. The summed E-state index contributed by atoms with van der Waals surface area (Å²) >= 11 is 0. The lowest BCUT2D eigenvalue weighted by Crippen LogP contribution is -2.14. The number of hydrogen-bond acceptors (Lipinski definition) is 3. The van der Waals surface area contributed by atoms with E-state index in [2.05, 4.69) is 15.0 Å². The summed E-state index contributed by atoms with van der Waals surface area (Å²) in [5, 5.41) is 3.92. The van der Waals surface area contributed by atoms with Crippen molar-refractivity contribution in [1.29, 1.82) is 0 Å². The first-order valence-electron chi connectivity index (χ1n) is 9.64. The predicted octanol–water partition coefficient (Wildman–Crippen LogP) is 4.68. The number of hydrogen-bond donors (Lipinski definition) is 3. The Balaban J connectivity index is 1.34. The fourth-order valence-corrected chi connectivity index (χ4v) is 4.32. The molecule has 158 valence electrons. The molecule has 0 aliphatic carbocycles. The standard InChI is InChI=1S/C23H20FN3O3S/c24-17-6-12-20(13-7-17)31(29,30)27-19-10-8-18(9-11-19)26-23(28)14-5-16-15-25-22-4-2-1-3-21(16)22/h1-4,6-13,15,25,27H,5,14H2,(H,26,28). The van der Waals surface area contributed by atoms with Gasteiger partial charge in [0.1, 0.15) is 5.82 Å². The summed E-state index contributed by atoms with van der Waals surface area (Å²) in [6.45, 7) is 0. The summed E-state index contributed by atoms with van der Waals surface area (Å²) in [6, 6.07) is 18.8. The van der Waals surface area contributed by atoms with Crippen LogP contribution in [0, 0.1) is 5.82 Å². The van der Waals surface area contributed by atoms with Crippen molar-refractivity contribution in [3.8, 4) is 0 Å². The van der Waals surface area contributed by atoms with E-state index in [4.69, 9.17) is 0 Å². The molecule has 1 amide bonds. The van der Waals surface area contributed by atoms with Gasteiger partial charge in [-0.15, -0.1) is 0 Å². The molecule has 0 aliphatic rings. The number of aryl methyl sites for hydroxylation is 1. The maximum absolute atomic E-state index is 13.0. The number of aromatic nitrogens is 1. The lowest BCUT2D eigenvalue weighted by molar-refractivity contribution is -0.116. The van der Waals surface area contributed by atoms with Gasteiger partial charge in [0.05, 0.1) is 4.90 Å². The number of fused-ring (bicyclic) bond motifs is 1. The van der Waals surface area contributed by atoms with Crippen LogP contribution < -0.4 is 10.0 Å². The quantitative estimate of drug-likeness (QED) is 0.392. The third-order valence-corrected chi connectivity index (χ3v) is 6.24. The van der Waals surface area contributed by atoms with E-state index >= 15 is 0 Å². The van der Waals surface area contributed by atoms with Crippen LogP contribution in [0.3, 0.4) is 0 Å². The number of H-pyrrole nitrogens is 1. The van der Waals surface area contributed by atoms with Gasteiger partial charge in [0, 0.05) is 34.9 Å². The maximum atomic E-state index is 13.0. The zero-order chi connectivity index (χ0) is 21.8. The van der Waals surface area contributed by atoms with Gasteiger partial charge in [-0.3, -0.25) is 9.52 Å². The number of halogens is 1. The number of carbonyl (C=O) groups is 1. The highest BCUT2D eigenvalue weighted by atomic mass is 32.2. The number of para-hydroxylation sites is 1. The molecule has 0 unspecified atom stereocenters. The first kappa shape index (κ1) is 20.6. The number of carbonyl (C=O) groups excluding carboxylic acids is 1. The molecule has 0 saturated carbocycles. The van der Waals surface area contributed by atoms with Crippen LogP contribution in [0.15, 0.2) is 83.9 Å². The van der Waals surface area contributed by atoms with Crippen LogP contribution in [0.5, 0.6) is 0 Å². The second-order valence-corrected chi connectivity index (χ2v) is 8.73. The lowest BCUT2D eigenvalue weighted by Gasteiger charge is -2.10. The van der Waals surface area contributed by atoms with E-state index in [0.717, 1.165) is 28.6 Å². The van der Waals surface area contributed by atoms with Crippen molar-refractivity contribution in [2.45, 2.75) is 17.7 Å². The van der Waals surface area contributed by atoms with Crippen molar-refractivity contribution in [2.24, 2.45) is 0 Å². The molecule has 4 rings (SSSR count). The number of rotatable bonds is 7. The Morgan fingerprint density at radius 3 is 2.32 bits per heavy atom. The van der Waals surface area contributed by atoms with Gasteiger partial charge in [0.25, 0.3) is 10.0 Å². The molecule has 1 aromatic heterocycles. The zero-order valence-electron chi connectivity index (χ0n) is 16.4. The Hall–Kier alpha value is -3.65. The number of benzene rings is 3. The molecule has 4 aromatic rings. The highest BCUT2D eigenvalue weighted by Gasteiger charge is 2.14. The van der Waals surface area contributed by atoms with Crippen molar-refractivity contribution in [2.75, 3.05) is 10.0 Å². The van der Waals surface area contributed by atoms with Crippen molar-refractivity contribution >= 4 is 38.2 Å². The second-order valence-electron chi connectivity index (χ2n) is 7.04. The van der Waals surface area contributed by atoms with Crippen molar-refractivity contribution < 1.29 is 17.6 Å². The molecule has 8 heteroatoms. The fraction of sp³-hybridized carbons (Fsp3) is 0.0870. The van der Waals surface area contributed by atoms with Crippen LogP contribution in [-0.4, -0.2) is 19.3 Å². The number of sulfonamides is 1. The number of anilines is 2. The summed E-state index contributed by atoms with van der Waals surface area (Å²) in [5.74, 6) is -0.645. The van der Waals surface area contributed by atoms with Gasteiger partial charge in [-0.05, 0) is 66.6 Å². The van der Waals surface area contributed by atoms with Gasteiger partial charge in [0.15, 0.2) is 0 Å². The van der Waals surface area contributed by atoms with Gasteiger partial charge in [-0.2, -0.15) is 0 Å². The molecule has 0 radical (unpaired) electrons. The molecule has 1 heterocycles. The van der Waals surface area contributed by atoms with Gasteiger partial charge < -0.3 is 10.3 Å². The molecule has 0 spiro atoms. The van der Waals surface area contributed by atoms with Crippen LogP contribution in [0.2, 0.25) is 0 Å². The maximum Gasteiger partial charge on any atom is 0.261 e. The first-order valence-corrected chi connectivity index (χ1v) is 11.1. The molecule has 0 aliphatic heterocycles. The molecular weight excluding hydrogens is 417 g/mol. The van der Waals surface area contributed by atoms with Gasteiger partial charge in [0.2, 0.25) is 5.91 Å². The Kier molecular flexibility index (Phi) is 5.73. The summed E-state index contributed by atoms with van der Waals surface area (Å²) in [5.41, 5.74) is 3.02. The van der Waals surface area contributed by atoms with Gasteiger partial charge in [-0.25, -0.2) is 12.8 Å². The van der Waals surface area contributed by atoms with Crippen molar-refractivity contribution in [3.05, 3.63) is 90.4 Å². The summed E-state index contributed by atoms with van der Waals surface area (Å²) in [6.07, 6.45) is 2.84. The topological polar surface area (TPSA) is 91.1 Å². The highest BCUT2D eigenvalue weighted by molar-refractivity contribution is 7.92. The summed E-state index contributed by atoms with van der Waals surface area (Å²) in [4.78, 5) is 15.5. The Labute approximate surface area is 179 Å². The number of aromatic amines is 1.